The van der Waals surface area contributed by atoms with Gasteiger partial charge in [0.2, 0.25) is 0 Å². The number of carbonyl (C=O) groups excluding carboxylic acids is 2. The van der Waals surface area contributed by atoms with Crippen LogP contribution < -0.4 is 10.6 Å². The molecule has 0 bridgehead atoms. The van der Waals surface area contributed by atoms with E-state index >= 15 is 0 Å². The van der Waals surface area contributed by atoms with Crippen molar-refractivity contribution in [2.24, 2.45) is 0 Å². The van der Waals surface area contributed by atoms with Gasteiger partial charge >= 0.3 is 0 Å². The highest BCUT2D eigenvalue weighted by atomic mass is 35.5. The Morgan fingerprint density at radius 1 is 0.885 bits per heavy atom. The average Bonchev–Trinajstić information content (AvgIpc) is 2.68. The smallest absolute Gasteiger partial charge is 0.257 e. The Balaban J connectivity index is 1.67. The molecule has 130 valence electrons. The van der Waals surface area contributed by atoms with Gasteiger partial charge in [-0.3, -0.25) is 14.6 Å². The third kappa shape index (κ3) is 4.46. The molecule has 2 N–H and O–H groups in total. The van der Waals surface area contributed by atoms with Gasteiger partial charge in [-0.15, -0.1) is 0 Å². The Hall–Kier alpha value is -3.18. The van der Waals surface area contributed by atoms with Crippen molar-refractivity contribution < 1.29 is 9.59 Å². The minimum atomic E-state index is -0.329. The minimum Gasteiger partial charge on any atom is -0.348 e. The number of para-hydroxylation sites is 1. The second kappa shape index (κ2) is 8.27. The maximum Gasteiger partial charge on any atom is 0.257 e. The van der Waals surface area contributed by atoms with E-state index < -0.39 is 0 Å². The van der Waals surface area contributed by atoms with Crippen LogP contribution in [0.3, 0.4) is 0 Å². The second-order valence-electron chi connectivity index (χ2n) is 5.56. The number of hydrogen-bond acceptors (Lipinski definition) is 3. The summed E-state index contributed by atoms with van der Waals surface area (Å²) in [5, 5.41) is 6.12. The van der Waals surface area contributed by atoms with Crippen molar-refractivity contribution in [3.8, 4) is 0 Å². The number of halogens is 1. The standard InChI is InChI=1S/C20H16ClN3O2/c21-18-9-5-4-6-14(18)13-23-19(25)15-10-16(12-22-11-15)20(26)24-17-7-2-1-3-8-17/h1-12H,13H2,(H,23,25)(H,24,26). The number of pyridine rings is 1. The highest BCUT2D eigenvalue weighted by Crippen LogP contribution is 2.15. The summed E-state index contributed by atoms with van der Waals surface area (Å²) < 4.78 is 0. The Morgan fingerprint density at radius 2 is 1.54 bits per heavy atom. The van der Waals surface area contributed by atoms with Gasteiger partial charge in [0.1, 0.15) is 0 Å². The molecule has 2 aromatic carbocycles. The normalized spacial score (nSPS) is 10.2. The predicted octanol–water partition coefficient (Wildman–Crippen LogP) is 3.92. The van der Waals surface area contributed by atoms with Gasteiger partial charge in [0, 0.05) is 29.6 Å². The molecule has 0 saturated carbocycles. The van der Waals surface area contributed by atoms with Gasteiger partial charge in [0.25, 0.3) is 11.8 Å². The lowest BCUT2D eigenvalue weighted by molar-refractivity contribution is 0.0950. The third-order valence-corrected chi connectivity index (χ3v) is 4.06. The zero-order valence-electron chi connectivity index (χ0n) is 13.8. The molecule has 2 amide bonds. The summed E-state index contributed by atoms with van der Waals surface area (Å²) in [7, 11) is 0. The Morgan fingerprint density at radius 3 is 2.27 bits per heavy atom. The summed E-state index contributed by atoms with van der Waals surface area (Å²) >= 11 is 6.08. The Labute approximate surface area is 156 Å². The van der Waals surface area contributed by atoms with E-state index in [-0.39, 0.29) is 11.8 Å². The molecular weight excluding hydrogens is 350 g/mol. The van der Waals surface area contributed by atoms with Crippen LogP contribution >= 0.6 is 11.6 Å². The lowest BCUT2D eigenvalue weighted by Crippen LogP contribution is -2.23. The molecule has 0 atom stereocenters. The number of nitrogens with zero attached hydrogens (tertiary/aromatic N) is 1. The fraction of sp³-hybridized carbons (Fsp3) is 0.0500. The molecule has 6 heteroatoms. The lowest BCUT2D eigenvalue weighted by atomic mass is 10.1. The van der Waals surface area contributed by atoms with E-state index in [1.807, 2.05) is 36.4 Å². The van der Waals surface area contributed by atoms with Crippen LogP contribution in [0.2, 0.25) is 5.02 Å². The maximum absolute atomic E-state index is 12.3. The first-order chi connectivity index (χ1) is 12.6. The first-order valence-corrected chi connectivity index (χ1v) is 8.34. The first-order valence-electron chi connectivity index (χ1n) is 7.96. The van der Waals surface area contributed by atoms with Crippen LogP contribution in [0, 0.1) is 0 Å². The lowest BCUT2D eigenvalue weighted by Gasteiger charge is -2.08. The van der Waals surface area contributed by atoms with E-state index in [1.54, 1.807) is 18.2 Å². The van der Waals surface area contributed by atoms with Crippen LogP contribution in [-0.4, -0.2) is 16.8 Å². The van der Waals surface area contributed by atoms with Crippen LogP contribution in [0.5, 0.6) is 0 Å². The van der Waals surface area contributed by atoms with Gasteiger partial charge in [0.15, 0.2) is 0 Å². The molecular formula is C20H16ClN3O2. The molecule has 0 fully saturated rings. The molecule has 3 rings (SSSR count). The van der Waals surface area contributed by atoms with Gasteiger partial charge in [-0.1, -0.05) is 48.0 Å². The monoisotopic (exact) mass is 365 g/mol. The molecule has 0 aliphatic carbocycles. The van der Waals surface area contributed by atoms with Crippen LogP contribution in [0.25, 0.3) is 0 Å². The first kappa shape index (κ1) is 17.6. The van der Waals surface area contributed by atoms with E-state index in [2.05, 4.69) is 15.6 Å². The number of carbonyl (C=O) groups is 2. The minimum absolute atomic E-state index is 0.291. The van der Waals surface area contributed by atoms with Gasteiger partial charge in [-0.25, -0.2) is 0 Å². The van der Waals surface area contributed by atoms with E-state index in [9.17, 15) is 9.59 Å². The van der Waals surface area contributed by atoms with Crippen molar-refractivity contribution in [1.29, 1.82) is 0 Å². The number of amides is 2. The SMILES string of the molecule is O=C(NCc1ccccc1Cl)c1cncc(C(=O)Nc2ccccc2)c1. The van der Waals surface area contributed by atoms with Crippen molar-refractivity contribution >= 4 is 29.1 Å². The van der Waals surface area contributed by atoms with Gasteiger partial charge in [-0.2, -0.15) is 0 Å². The summed E-state index contributed by atoms with van der Waals surface area (Å²) in [6, 6.07) is 17.9. The zero-order chi connectivity index (χ0) is 18.4. The van der Waals surface area contributed by atoms with E-state index in [1.165, 1.54) is 18.5 Å². The number of aromatic nitrogens is 1. The topological polar surface area (TPSA) is 71.1 Å². The van der Waals surface area contributed by atoms with Crippen molar-refractivity contribution in [3.05, 3.63) is 94.8 Å². The van der Waals surface area contributed by atoms with Gasteiger partial charge < -0.3 is 10.6 Å². The molecule has 3 aromatic rings. The molecule has 0 aliphatic heterocycles. The molecule has 1 heterocycles. The fourth-order valence-electron chi connectivity index (χ4n) is 2.33. The number of hydrogen-bond donors (Lipinski definition) is 2. The number of benzene rings is 2. The third-order valence-electron chi connectivity index (χ3n) is 3.69. The van der Waals surface area contributed by atoms with Crippen LogP contribution in [-0.2, 0) is 6.54 Å². The van der Waals surface area contributed by atoms with Crippen LogP contribution in [0.15, 0.2) is 73.1 Å². The zero-order valence-corrected chi connectivity index (χ0v) is 14.5. The number of anilines is 1. The fourth-order valence-corrected chi connectivity index (χ4v) is 2.53. The van der Waals surface area contributed by atoms with Crippen molar-refractivity contribution in [2.45, 2.75) is 6.54 Å². The molecule has 0 unspecified atom stereocenters. The molecule has 0 radical (unpaired) electrons. The van der Waals surface area contributed by atoms with E-state index in [4.69, 9.17) is 11.6 Å². The average molecular weight is 366 g/mol. The van der Waals surface area contributed by atoms with Crippen molar-refractivity contribution in [3.63, 3.8) is 0 Å². The van der Waals surface area contributed by atoms with Crippen LogP contribution in [0.1, 0.15) is 26.3 Å². The summed E-state index contributed by atoms with van der Waals surface area (Å²) in [5.74, 6) is -0.656. The summed E-state index contributed by atoms with van der Waals surface area (Å²) in [6.45, 7) is 0.291. The van der Waals surface area contributed by atoms with E-state index in [0.717, 1.165) is 5.56 Å². The van der Waals surface area contributed by atoms with Gasteiger partial charge in [0.05, 0.1) is 11.1 Å². The highest BCUT2D eigenvalue weighted by Gasteiger charge is 2.12. The van der Waals surface area contributed by atoms with Crippen LogP contribution in [0.4, 0.5) is 5.69 Å². The predicted molar refractivity (Wildman–Crippen MR) is 101 cm³/mol. The molecule has 26 heavy (non-hydrogen) atoms. The number of nitrogens with one attached hydrogen (secondary N) is 2. The highest BCUT2D eigenvalue weighted by molar-refractivity contribution is 6.31. The summed E-state index contributed by atoms with van der Waals surface area (Å²) in [5.41, 5.74) is 2.09. The maximum atomic E-state index is 12.3. The number of rotatable bonds is 5. The second-order valence-corrected chi connectivity index (χ2v) is 5.96. The molecule has 1 aromatic heterocycles. The van der Waals surface area contributed by atoms with Crippen molar-refractivity contribution in [2.75, 3.05) is 5.32 Å². The molecule has 0 spiro atoms. The Bertz CT molecular complexity index is 929. The molecule has 0 aliphatic rings. The molecule has 0 saturated heterocycles. The summed E-state index contributed by atoms with van der Waals surface area (Å²) in [4.78, 5) is 28.6. The largest absolute Gasteiger partial charge is 0.348 e. The van der Waals surface area contributed by atoms with E-state index in [0.29, 0.717) is 28.4 Å². The quantitative estimate of drug-likeness (QED) is 0.720. The van der Waals surface area contributed by atoms with Crippen molar-refractivity contribution in [1.82, 2.24) is 10.3 Å². The van der Waals surface area contributed by atoms with Gasteiger partial charge in [-0.05, 0) is 29.8 Å². The Kier molecular flexibility index (Phi) is 5.61. The molecule has 5 nitrogen and oxygen atoms in total. The summed E-state index contributed by atoms with van der Waals surface area (Å²) in [6.07, 6.45) is 2.84.